The molecule has 2 N–H and O–H groups in total. The number of likely N-dealkylation sites (N-methyl/N-ethyl adjacent to an activating group) is 1. The fraction of sp³-hybridized carbons (Fsp3) is 0.556. The van der Waals surface area contributed by atoms with Crippen LogP contribution in [0.4, 0.5) is 5.69 Å². The third kappa shape index (κ3) is 5.75. The molecule has 1 saturated heterocycles. The van der Waals surface area contributed by atoms with Crippen molar-refractivity contribution < 1.29 is 23.1 Å². The van der Waals surface area contributed by atoms with Gasteiger partial charge in [-0.3, -0.25) is 14.5 Å². The van der Waals surface area contributed by atoms with Crippen LogP contribution in [0, 0.1) is 0 Å². The number of aliphatic carboxylic acids is 1. The molecule has 150 valence electrons. The highest BCUT2D eigenvalue weighted by Gasteiger charge is 2.29. The summed E-state index contributed by atoms with van der Waals surface area (Å²) < 4.78 is 27.3. The molecule has 1 amide bonds. The van der Waals surface area contributed by atoms with Gasteiger partial charge < -0.3 is 10.4 Å². The number of sulfonamides is 1. The molecule has 8 nitrogen and oxygen atoms in total. The molecule has 0 saturated carbocycles. The summed E-state index contributed by atoms with van der Waals surface area (Å²) in [6, 6.07) is 6.22. The van der Waals surface area contributed by atoms with E-state index in [9.17, 15) is 18.0 Å². The molecule has 1 atom stereocenters. The summed E-state index contributed by atoms with van der Waals surface area (Å²) in [7, 11) is -1.87. The summed E-state index contributed by atoms with van der Waals surface area (Å²) in [5.41, 5.74) is 0.562. The maximum atomic E-state index is 12.9. The fourth-order valence-electron chi connectivity index (χ4n) is 3.18. The van der Waals surface area contributed by atoms with Gasteiger partial charge in [0.15, 0.2) is 0 Å². The van der Waals surface area contributed by atoms with Crippen LogP contribution in [-0.4, -0.2) is 67.3 Å². The number of hydrogen-bond donors (Lipinski definition) is 2. The average Bonchev–Trinajstić information content (AvgIpc) is 2.88. The molecule has 1 unspecified atom stereocenters. The van der Waals surface area contributed by atoms with Gasteiger partial charge in [0, 0.05) is 31.2 Å². The Balaban J connectivity index is 2.06. The van der Waals surface area contributed by atoms with Crippen molar-refractivity contribution in [3.05, 3.63) is 24.3 Å². The molecule has 1 aromatic rings. The lowest BCUT2D eigenvalue weighted by Gasteiger charge is -2.25. The van der Waals surface area contributed by atoms with Gasteiger partial charge in [0.25, 0.3) is 0 Å². The second-order valence-electron chi connectivity index (χ2n) is 6.72. The second-order valence-corrected chi connectivity index (χ2v) is 8.66. The number of carbonyl (C=O) groups excluding carboxylic acids is 1. The van der Waals surface area contributed by atoms with Gasteiger partial charge in [0.05, 0.1) is 11.4 Å². The number of carboxylic acid groups (broad SMARTS) is 1. The molecular formula is C18H27N3O5S. The Kier molecular flexibility index (Phi) is 7.34. The maximum absolute atomic E-state index is 12.9. The molecule has 1 heterocycles. The van der Waals surface area contributed by atoms with E-state index in [1.165, 1.54) is 16.4 Å². The highest BCUT2D eigenvalue weighted by atomic mass is 32.2. The summed E-state index contributed by atoms with van der Waals surface area (Å²) in [5.74, 6) is -1.02. The van der Waals surface area contributed by atoms with Crippen molar-refractivity contribution in [3.8, 4) is 0 Å². The monoisotopic (exact) mass is 397 g/mol. The van der Waals surface area contributed by atoms with Crippen LogP contribution in [0.25, 0.3) is 0 Å². The SMILES string of the molecule is CCC(=O)Nc1ccc(S(=O)(=O)N2CCCC(N(C)CC(=O)O)CC2)cc1. The standard InChI is InChI=1S/C18H27N3O5S/c1-3-17(22)19-14-6-8-16(9-7-14)27(25,26)21-11-4-5-15(10-12-21)20(2)13-18(23)24/h6-9,15H,3-5,10-13H2,1-2H3,(H,19,22)(H,23,24). The number of rotatable bonds is 7. The number of benzene rings is 1. The van der Waals surface area contributed by atoms with E-state index < -0.39 is 16.0 Å². The minimum absolute atomic E-state index is 0.0490. The minimum atomic E-state index is -3.62. The Hall–Kier alpha value is -1.97. The molecule has 2 rings (SSSR count). The Morgan fingerprint density at radius 1 is 1.22 bits per heavy atom. The number of carbonyl (C=O) groups is 2. The van der Waals surface area contributed by atoms with Gasteiger partial charge in [-0.05, 0) is 50.6 Å². The summed E-state index contributed by atoms with van der Waals surface area (Å²) in [6.07, 6.45) is 2.38. The predicted molar refractivity (Wildman–Crippen MR) is 102 cm³/mol. The van der Waals surface area contributed by atoms with Crippen LogP contribution in [0.3, 0.4) is 0 Å². The first-order valence-electron chi connectivity index (χ1n) is 9.06. The fourth-order valence-corrected chi connectivity index (χ4v) is 4.68. The van der Waals surface area contributed by atoms with Crippen molar-refractivity contribution >= 4 is 27.6 Å². The topological polar surface area (TPSA) is 107 Å². The van der Waals surface area contributed by atoms with Crippen LogP contribution >= 0.6 is 0 Å². The lowest BCUT2D eigenvalue weighted by molar-refractivity contribution is -0.138. The molecule has 1 aromatic carbocycles. The average molecular weight is 397 g/mol. The van der Waals surface area contributed by atoms with E-state index in [2.05, 4.69) is 5.32 Å². The van der Waals surface area contributed by atoms with Crippen LogP contribution in [0.5, 0.6) is 0 Å². The van der Waals surface area contributed by atoms with Crippen molar-refractivity contribution in [1.82, 2.24) is 9.21 Å². The first kappa shape index (κ1) is 21.3. The van der Waals surface area contributed by atoms with Gasteiger partial charge in [-0.1, -0.05) is 6.92 Å². The molecular weight excluding hydrogens is 370 g/mol. The first-order chi connectivity index (χ1) is 12.7. The summed E-state index contributed by atoms with van der Waals surface area (Å²) in [4.78, 5) is 24.3. The van der Waals surface area contributed by atoms with E-state index in [1.807, 2.05) is 0 Å². The van der Waals surface area contributed by atoms with E-state index in [0.29, 0.717) is 38.0 Å². The van der Waals surface area contributed by atoms with E-state index in [-0.39, 0.29) is 23.4 Å². The molecule has 1 aliphatic heterocycles. The normalized spacial score (nSPS) is 18.9. The molecule has 9 heteroatoms. The van der Waals surface area contributed by atoms with Gasteiger partial charge in [-0.15, -0.1) is 0 Å². The summed E-state index contributed by atoms with van der Waals surface area (Å²) in [6.45, 7) is 2.45. The lowest BCUT2D eigenvalue weighted by Crippen LogP contribution is -2.37. The van der Waals surface area contributed by atoms with E-state index in [1.54, 1.807) is 31.0 Å². The molecule has 1 fully saturated rings. The third-order valence-electron chi connectivity index (χ3n) is 4.76. The minimum Gasteiger partial charge on any atom is -0.480 e. The Morgan fingerprint density at radius 2 is 1.89 bits per heavy atom. The molecule has 0 spiro atoms. The highest BCUT2D eigenvalue weighted by Crippen LogP contribution is 2.23. The lowest BCUT2D eigenvalue weighted by atomic mass is 10.1. The Morgan fingerprint density at radius 3 is 2.48 bits per heavy atom. The maximum Gasteiger partial charge on any atom is 0.317 e. The largest absolute Gasteiger partial charge is 0.480 e. The molecule has 0 bridgehead atoms. The smallest absolute Gasteiger partial charge is 0.317 e. The van der Waals surface area contributed by atoms with Crippen LogP contribution < -0.4 is 5.32 Å². The van der Waals surface area contributed by atoms with E-state index in [0.717, 1.165) is 6.42 Å². The van der Waals surface area contributed by atoms with Gasteiger partial charge in [-0.2, -0.15) is 4.31 Å². The van der Waals surface area contributed by atoms with Crippen molar-refractivity contribution in [2.24, 2.45) is 0 Å². The van der Waals surface area contributed by atoms with Crippen molar-refractivity contribution in [1.29, 1.82) is 0 Å². The Labute approximate surface area is 160 Å². The van der Waals surface area contributed by atoms with Crippen LogP contribution in [-0.2, 0) is 19.6 Å². The number of nitrogens with one attached hydrogen (secondary N) is 1. The van der Waals surface area contributed by atoms with Crippen LogP contribution in [0.15, 0.2) is 29.2 Å². The predicted octanol–water partition coefficient (Wildman–Crippen LogP) is 1.59. The quantitative estimate of drug-likeness (QED) is 0.724. The van der Waals surface area contributed by atoms with E-state index >= 15 is 0 Å². The van der Waals surface area contributed by atoms with Gasteiger partial charge in [-0.25, -0.2) is 8.42 Å². The number of carboxylic acids is 1. The van der Waals surface area contributed by atoms with Gasteiger partial charge >= 0.3 is 5.97 Å². The van der Waals surface area contributed by atoms with Crippen LogP contribution in [0.1, 0.15) is 32.6 Å². The zero-order valence-corrected chi connectivity index (χ0v) is 16.5. The second kappa shape index (κ2) is 9.29. The van der Waals surface area contributed by atoms with Crippen molar-refractivity contribution in [2.45, 2.75) is 43.5 Å². The molecule has 0 aliphatic carbocycles. The summed E-state index contributed by atoms with van der Waals surface area (Å²) >= 11 is 0. The molecule has 1 aliphatic rings. The van der Waals surface area contributed by atoms with E-state index in [4.69, 9.17) is 5.11 Å². The van der Waals surface area contributed by atoms with Gasteiger partial charge in [0.2, 0.25) is 15.9 Å². The number of anilines is 1. The van der Waals surface area contributed by atoms with Crippen molar-refractivity contribution in [2.75, 3.05) is 32.0 Å². The number of amides is 1. The van der Waals surface area contributed by atoms with Crippen LogP contribution in [0.2, 0.25) is 0 Å². The number of nitrogens with zero attached hydrogens (tertiary/aromatic N) is 2. The van der Waals surface area contributed by atoms with Gasteiger partial charge in [0.1, 0.15) is 0 Å². The molecule has 27 heavy (non-hydrogen) atoms. The zero-order valence-electron chi connectivity index (χ0n) is 15.7. The third-order valence-corrected chi connectivity index (χ3v) is 6.67. The van der Waals surface area contributed by atoms with Crippen molar-refractivity contribution in [3.63, 3.8) is 0 Å². The zero-order chi connectivity index (χ0) is 20.0. The summed E-state index contributed by atoms with van der Waals surface area (Å²) in [5, 5.41) is 11.6. The first-order valence-corrected chi connectivity index (χ1v) is 10.5. The molecule has 0 radical (unpaired) electrons. The number of hydrogen-bond acceptors (Lipinski definition) is 5. The molecule has 0 aromatic heterocycles. The Bertz CT molecular complexity index is 764. The highest BCUT2D eigenvalue weighted by molar-refractivity contribution is 7.89.